The van der Waals surface area contributed by atoms with Crippen LogP contribution in [0.4, 0.5) is 5.82 Å². The number of thioether (sulfide) groups is 1. The fourth-order valence-corrected chi connectivity index (χ4v) is 3.32. The molecule has 1 heterocycles. The predicted molar refractivity (Wildman–Crippen MR) is 117 cm³/mol. The minimum absolute atomic E-state index is 0.0850. The lowest BCUT2D eigenvalue weighted by Gasteiger charge is -2.09. The lowest BCUT2D eigenvalue weighted by atomic mass is 10.1. The number of rotatable bonds is 9. The van der Waals surface area contributed by atoms with Crippen molar-refractivity contribution in [2.75, 3.05) is 24.7 Å². The first-order valence-corrected chi connectivity index (χ1v) is 10.4. The molecule has 0 aliphatic carbocycles. The summed E-state index contributed by atoms with van der Waals surface area (Å²) in [6.45, 7) is 0.524. The topological polar surface area (TPSA) is 93.2 Å². The highest BCUT2D eigenvalue weighted by Crippen LogP contribution is 2.18. The number of carbonyl (C=O) groups excluding carboxylic acids is 2. The van der Waals surface area contributed by atoms with Crippen LogP contribution in [-0.4, -0.2) is 41.4 Å². The third kappa shape index (κ3) is 6.31. The van der Waals surface area contributed by atoms with Gasteiger partial charge in [0.1, 0.15) is 10.8 Å². The van der Waals surface area contributed by atoms with Gasteiger partial charge in [0.05, 0.1) is 12.9 Å². The first kappa shape index (κ1) is 21.3. The van der Waals surface area contributed by atoms with Crippen molar-refractivity contribution in [1.82, 2.24) is 15.5 Å². The fraction of sp³-hybridized carbons (Fsp3) is 0.182. The van der Waals surface area contributed by atoms with E-state index in [9.17, 15) is 9.59 Å². The second-order valence-corrected chi connectivity index (χ2v) is 7.27. The average Bonchev–Trinajstić information content (AvgIpc) is 2.79. The zero-order valence-corrected chi connectivity index (χ0v) is 17.3. The summed E-state index contributed by atoms with van der Waals surface area (Å²) in [7, 11) is 1.63. The lowest BCUT2D eigenvalue weighted by molar-refractivity contribution is -0.118. The van der Waals surface area contributed by atoms with Crippen LogP contribution in [0.25, 0.3) is 0 Å². The number of nitrogens with zero attached hydrogens (tertiary/aromatic N) is 2. The number of methoxy groups -OCH3 is 1. The van der Waals surface area contributed by atoms with Gasteiger partial charge in [0.15, 0.2) is 5.82 Å². The van der Waals surface area contributed by atoms with Gasteiger partial charge in [0, 0.05) is 12.1 Å². The Morgan fingerprint density at radius 3 is 2.47 bits per heavy atom. The second kappa shape index (κ2) is 11.0. The molecule has 30 heavy (non-hydrogen) atoms. The molecule has 3 aromatic rings. The van der Waals surface area contributed by atoms with Crippen LogP contribution < -0.4 is 15.4 Å². The van der Waals surface area contributed by atoms with Gasteiger partial charge in [-0.05, 0) is 42.3 Å². The highest BCUT2D eigenvalue weighted by atomic mass is 32.2. The summed E-state index contributed by atoms with van der Waals surface area (Å²) in [4.78, 5) is 24.2. The number of ether oxygens (including phenoxy) is 1. The number of carbonyl (C=O) groups is 2. The van der Waals surface area contributed by atoms with E-state index in [-0.39, 0.29) is 17.6 Å². The number of amides is 2. The Balaban J connectivity index is 1.41. The summed E-state index contributed by atoms with van der Waals surface area (Å²) in [5.41, 5.74) is 1.59. The molecule has 0 bridgehead atoms. The van der Waals surface area contributed by atoms with Crippen molar-refractivity contribution >= 4 is 29.4 Å². The maximum atomic E-state index is 12.1. The van der Waals surface area contributed by atoms with E-state index in [1.807, 2.05) is 30.3 Å². The molecule has 0 unspecified atom stereocenters. The second-order valence-electron chi connectivity index (χ2n) is 6.28. The van der Waals surface area contributed by atoms with Crippen molar-refractivity contribution in [1.29, 1.82) is 0 Å². The number of anilines is 1. The Morgan fingerprint density at radius 1 is 0.967 bits per heavy atom. The standard InChI is InChI=1S/C22H22N4O3S/c1-29-18-10-6-5-7-16(18)13-14-23-20(27)15-30-21-12-11-19(25-26-21)24-22(28)17-8-3-2-4-9-17/h2-12H,13-15H2,1H3,(H,23,27)(H,24,25,28). The molecule has 2 aromatic carbocycles. The van der Waals surface area contributed by atoms with E-state index in [4.69, 9.17) is 4.74 Å². The predicted octanol–water partition coefficient (Wildman–Crippen LogP) is 3.19. The molecule has 0 aliphatic rings. The summed E-state index contributed by atoms with van der Waals surface area (Å²) >= 11 is 1.28. The number of hydrogen-bond acceptors (Lipinski definition) is 6. The number of para-hydroxylation sites is 1. The van der Waals surface area contributed by atoms with Gasteiger partial charge < -0.3 is 15.4 Å². The van der Waals surface area contributed by atoms with Crippen molar-refractivity contribution in [2.45, 2.75) is 11.4 Å². The van der Waals surface area contributed by atoms with Gasteiger partial charge in [-0.25, -0.2) is 0 Å². The van der Waals surface area contributed by atoms with E-state index in [2.05, 4.69) is 20.8 Å². The van der Waals surface area contributed by atoms with E-state index in [0.29, 0.717) is 29.4 Å². The zero-order chi connectivity index (χ0) is 21.2. The highest BCUT2D eigenvalue weighted by molar-refractivity contribution is 7.99. The quantitative estimate of drug-likeness (QED) is 0.515. The zero-order valence-electron chi connectivity index (χ0n) is 16.5. The fourth-order valence-electron chi connectivity index (χ4n) is 2.68. The largest absolute Gasteiger partial charge is 0.496 e. The molecule has 0 saturated heterocycles. The van der Waals surface area contributed by atoms with Crippen LogP contribution in [0.3, 0.4) is 0 Å². The van der Waals surface area contributed by atoms with Gasteiger partial charge in [-0.2, -0.15) is 0 Å². The van der Waals surface area contributed by atoms with Gasteiger partial charge in [-0.15, -0.1) is 10.2 Å². The minimum atomic E-state index is -0.250. The summed E-state index contributed by atoms with van der Waals surface area (Å²) in [5.74, 6) is 1.07. The number of benzene rings is 2. The van der Waals surface area contributed by atoms with Crippen LogP contribution in [0, 0.1) is 0 Å². The highest BCUT2D eigenvalue weighted by Gasteiger charge is 2.08. The van der Waals surface area contributed by atoms with Crippen LogP contribution in [0.2, 0.25) is 0 Å². The third-order valence-electron chi connectivity index (χ3n) is 4.18. The molecule has 1 aromatic heterocycles. The normalized spacial score (nSPS) is 10.3. The first-order valence-electron chi connectivity index (χ1n) is 9.37. The molecule has 8 heteroatoms. The van der Waals surface area contributed by atoms with Gasteiger partial charge >= 0.3 is 0 Å². The van der Waals surface area contributed by atoms with Crippen molar-refractivity contribution < 1.29 is 14.3 Å². The molecule has 0 radical (unpaired) electrons. The molecule has 7 nitrogen and oxygen atoms in total. The molecule has 154 valence electrons. The molecule has 2 N–H and O–H groups in total. The van der Waals surface area contributed by atoms with Crippen molar-refractivity contribution in [3.05, 3.63) is 77.9 Å². The molecular formula is C22H22N4O3S. The van der Waals surface area contributed by atoms with E-state index in [1.165, 1.54) is 11.8 Å². The summed E-state index contributed by atoms with van der Waals surface area (Å²) in [6, 6.07) is 20.0. The molecule has 0 spiro atoms. The van der Waals surface area contributed by atoms with Crippen LogP contribution >= 0.6 is 11.8 Å². The Labute approximate surface area is 179 Å². The van der Waals surface area contributed by atoms with Crippen molar-refractivity contribution in [3.63, 3.8) is 0 Å². The maximum Gasteiger partial charge on any atom is 0.256 e. The SMILES string of the molecule is COc1ccccc1CCNC(=O)CSc1ccc(NC(=O)c2ccccc2)nn1. The van der Waals surface area contributed by atoms with Gasteiger partial charge in [0.25, 0.3) is 5.91 Å². The first-order chi connectivity index (χ1) is 14.7. The van der Waals surface area contributed by atoms with E-state index >= 15 is 0 Å². The summed E-state index contributed by atoms with van der Waals surface area (Å²) in [6.07, 6.45) is 0.691. The third-order valence-corrected chi connectivity index (χ3v) is 5.10. The Hall–Kier alpha value is -3.39. The summed E-state index contributed by atoms with van der Waals surface area (Å²) < 4.78 is 5.31. The van der Waals surface area contributed by atoms with E-state index in [1.54, 1.807) is 43.5 Å². The molecule has 0 atom stereocenters. The van der Waals surface area contributed by atoms with Crippen molar-refractivity contribution in [3.8, 4) is 5.75 Å². The van der Waals surface area contributed by atoms with E-state index in [0.717, 1.165) is 11.3 Å². The average molecular weight is 423 g/mol. The molecule has 0 aliphatic heterocycles. The van der Waals surface area contributed by atoms with Crippen LogP contribution in [0.5, 0.6) is 5.75 Å². The molecular weight excluding hydrogens is 400 g/mol. The van der Waals surface area contributed by atoms with E-state index < -0.39 is 0 Å². The Morgan fingerprint density at radius 2 is 1.73 bits per heavy atom. The van der Waals surface area contributed by atoms with Crippen LogP contribution in [0.15, 0.2) is 71.8 Å². The summed E-state index contributed by atoms with van der Waals surface area (Å²) in [5, 5.41) is 14.2. The van der Waals surface area contributed by atoms with Gasteiger partial charge in [-0.1, -0.05) is 48.2 Å². The van der Waals surface area contributed by atoms with Crippen LogP contribution in [0.1, 0.15) is 15.9 Å². The van der Waals surface area contributed by atoms with Crippen molar-refractivity contribution in [2.24, 2.45) is 0 Å². The molecule has 3 rings (SSSR count). The monoisotopic (exact) mass is 422 g/mol. The molecule has 0 fully saturated rings. The minimum Gasteiger partial charge on any atom is -0.496 e. The van der Waals surface area contributed by atoms with Gasteiger partial charge in [-0.3, -0.25) is 9.59 Å². The molecule has 0 saturated carbocycles. The Kier molecular flexibility index (Phi) is 7.79. The molecule has 2 amide bonds. The smallest absolute Gasteiger partial charge is 0.256 e. The number of hydrogen-bond donors (Lipinski definition) is 2. The lowest BCUT2D eigenvalue weighted by Crippen LogP contribution is -2.27. The van der Waals surface area contributed by atoms with Crippen LogP contribution in [-0.2, 0) is 11.2 Å². The Bertz CT molecular complexity index is 981. The maximum absolute atomic E-state index is 12.1. The van der Waals surface area contributed by atoms with Gasteiger partial charge in [0.2, 0.25) is 5.91 Å². The number of nitrogens with one attached hydrogen (secondary N) is 2. The number of aromatic nitrogens is 2.